The molecule has 1 saturated carbocycles. The maximum Gasteiger partial charge on any atom is 0.233 e. The molecule has 150 valence electrons. The lowest BCUT2D eigenvalue weighted by Crippen LogP contribution is -2.32. The SMILES string of the molecule is C[C@H](Sc1nnc(N2CCCC2)n1C1CC1)C(=O)NCCc1ccc(F)cc1. The van der Waals surface area contributed by atoms with Gasteiger partial charge in [0.2, 0.25) is 11.9 Å². The van der Waals surface area contributed by atoms with Crippen LogP contribution in [-0.2, 0) is 11.2 Å². The summed E-state index contributed by atoms with van der Waals surface area (Å²) in [5.41, 5.74) is 1.01. The maximum absolute atomic E-state index is 13.0. The van der Waals surface area contributed by atoms with Crippen molar-refractivity contribution in [1.82, 2.24) is 20.1 Å². The quantitative estimate of drug-likeness (QED) is 0.686. The van der Waals surface area contributed by atoms with Gasteiger partial charge in [0.05, 0.1) is 5.25 Å². The lowest BCUT2D eigenvalue weighted by atomic mass is 10.1. The number of halogens is 1. The normalized spacial score (nSPS) is 17.7. The van der Waals surface area contributed by atoms with Gasteiger partial charge in [-0.1, -0.05) is 23.9 Å². The number of carbonyl (C=O) groups excluding carboxylic acids is 1. The zero-order valence-electron chi connectivity index (χ0n) is 16.1. The van der Waals surface area contributed by atoms with Gasteiger partial charge in [0.25, 0.3) is 0 Å². The molecule has 1 aliphatic heterocycles. The fraction of sp³-hybridized carbons (Fsp3) is 0.550. The van der Waals surface area contributed by atoms with Crippen molar-refractivity contribution in [3.63, 3.8) is 0 Å². The first-order chi connectivity index (χ1) is 13.6. The number of hydrogen-bond donors (Lipinski definition) is 1. The largest absolute Gasteiger partial charge is 0.355 e. The maximum atomic E-state index is 13.0. The Labute approximate surface area is 168 Å². The second-order valence-corrected chi connectivity index (χ2v) is 8.81. The van der Waals surface area contributed by atoms with E-state index in [4.69, 9.17) is 0 Å². The van der Waals surface area contributed by atoms with E-state index in [1.807, 2.05) is 6.92 Å². The molecule has 28 heavy (non-hydrogen) atoms. The van der Waals surface area contributed by atoms with Gasteiger partial charge in [-0.15, -0.1) is 10.2 Å². The molecule has 1 aromatic heterocycles. The molecule has 2 aliphatic rings. The molecular formula is C20H26FN5OS. The van der Waals surface area contributed by atoms with Crippen LogP contribution in [0.15, 0.2) is 29.4 Å². The van der Waals surface area contributed by atoms with Crippen molar-refractivity contribution in [3.8, 4) is 0 Å². The summed E-state index contributed by atoms with van der Waals surface area (Å²) >= 11 is 1.48. The highest BCUT2D eigenvalue weighted by atomic mass is 32.2. The number of nitrogens with one attached hydrogen (secondary N) is 1. The molecule has 1 amide bonds. The van der Waals surface area contributed by atoms with Gasteiger partial charge in [-0.3, -0.25) is 9.36 Å². The summed E-state index contributed by atoms with van der Waals surface area (Å²) in [4.78, 5) is 14.8. The van der Waals surface area contributed by atoms with Gasteiger partial charge >= 0.3 is 0 Å². The number of hydrogen-bond acceptors (Lipinski definition) is 5. The van der Waals surface area contributed by atoms with Crippen molar-refractivity contribution < 1.29 is 9.18 Å². The van der Waals surface area contributed by atoms with Crippen LogP contribution in [-0.4, -0.2) is 45.6 Å². The monoisotopic (exact) mass is 403 g/mol. The molecule has 1 N–H and O–H groups in total. The Morgan fingerprint density at radius 3 is 2.64 bits per heavy atom. The first-order valence-electron chi connectivity index (χ1n) is 10.0. The summed E-state index contributed by atoms with van der Waals surface area (Å²) in [5, 5.41) is 12.4. The molecule has 1 atom stereocenters. The molecule has 6 nitrogen and oxygen atoms in total. The number of amides is 1. The molecule has 0 radical (unpaired) electrons. The molecule has 1 aromatic carbocycles. The Morgan fingerprint density at radius 1 is 1.25 bits per heavy atom. The van der Waals surface area contributed by atoms with Gasteiger partial charge in [-0.25, -0.2) is 4.39 Å². The van der Waals surface area contributed by atoms with Crippen LogP contribution in [0, 0.1) is 5.82 Å². The second kappa shape index (κ2) is 8.51. The fourth-order valence-electron chi connectivity index (χ4n) is 3.47. The molecule has 2 aromatic rings. The number of rotatable bonds is 8. The lowest BCUT2D eigenvalue weighted by Gasteiger charge is -2.18. The highest BCUT2D eigenvalue weighted by Crippen LogP contribution is 2.42. The summed E-state index contributed by atoms with van der Waals surface area (Å²) in [6, 6.07) is 6.85. The summed E-state index contributed by atoms with van der Waals surface area (Å²) in [7, 11) is 0. The summed E-state index contributed by atoms with van der Waals surface area (Å²) in [6.07, 6.45) is 5.40. The highest BCUT2D eigenvalue weighted by Gasteiger charge is 2.33. The van der Waals surface area contributed by atoms with E-state index < -0.39 is 0 Å². The van der Waals surface area contributed by atoms with Crippen molar-refractivity contribution in [1.29, 1.82) is 0 Å². The lowest BCUT2D eigenvalue weighted by molar-refractivity contribution is -0.120. The third kappa shape index (κ3) is 4.48. The number of carbonyl (C=O) groups is 1. The summed E-state index contributed by atoms with van der Waals surface area (Å²) < 4.78 is 15.2. The van der Waals surface area contributed by atoms with E-state index in [-0.39, 0.29) is 17.0 Å². The number of benzene rings is 1. The van der Waals surface area contributed by atoms with Crippen molar-refractivity contribution in [2.24, 2.45) is 0 Å². The second-order valence-electron chi connectivity index (χ2n) is 7.51. The minimum Gasteiger partial charge on any atom is -0.355 e. The van der Waals surface area contributed by atoms with Crippen LogP contribution in [0.1, 0.15) is 44.2 Å². The van der Waals surface area contributed by atoms with Crippen LogP contribution in [0.2, 0.25) is 0 Å². The highest BCUT2D eigenvalue weighted by molar-refractivity contribution is 8.00. The van der Waals surface area contributed by atoms with Gasteiger partial charge in [0.15, 0.2) is 5.16 Å². The van der Waals surface area contributed by atoms with Crippen LogP contribution >= 0.6 is 11.8 Å². The Balaban J connectivity index is 1.33. The van der Waals surface area contributed by atoms with Crippen molar-refractivity contribution in [3.05, 3.63) is 35.6 Å². The van der Waals surface area contributed by atoms with E-state index in [2.05, 4.69) is 25.0 Å². The van der Waals surface area contributed by atoms with Crippen LogP contribution in [0.3, 0.4) is 0 Å². The zero-order valence-corrected chi connectivity index (χ0v) is 16.9. The van der Waals surface area contributed by atoms with E-state index >= 15 is 0 Å². The molecule has 0 bridgehead atoms. The molecule has 8 heteroatoms. The Hall–Kier alpha value is -2.09. The number of aromatic nitrogens is 3. The average Bonchev–Trinajstić information content (AvgIpc) is 3.21. The van der Waals surface area contributed by atoms with Crippen LogP contribution in [0.4, 0.5) is 10.3 Å². The van der Waals surface area contributed by atoms with Gasteiger partial charge in [-0.05, 0) is 56.7 Å². The standard InChI is InChI=1S/C20H26FN5OS/c1-14(18(27)22-11-10-15-4-6-16(21)7-5-15)28-20-24-23-19(25-12-2-3-13-25)26(20)17-8-9-17/h4-7,14,17H,2-3,8-13H2,1H3,(H,22,27)/t14-/m0/s1. The fourth-order valence-corrected chi connectivity index (χ4v) is 4.41. The Kier molecular flexibility index (Phi) is 5.85. The number of anilines is 1. The first kappa shape index (κ1) is 19.2. The Bertz CT molecular complexity index is 815. The average molecular weight is 404 g/mol. The summed E-state index contributed by atoms with van der Waals surface area (Å²) in [6.45, 7) is 4.51. The molecule has 1 aliphatic carbocycles. The van der Waals surface area contributed by atoms with Crippen molar-refractivity contribution in [2.45, 2.75) is 55.5 Å². The van der Waals surface area contributed by atoms with Crippen molar-refractivity contribution >= 4 is 23.6 Å². The topological polar surface area (TPSA) is 63.1 Å². The van der Waals surface area contributed by atoms with E-state index in [9.17, 15) is 9.18 Å². The molecule has 2 heterocycles. The molecule has 2 fully saturated rings. The first-order valence-corrected chi connectivity index (χ1v) is 10.9. The van der Waals surface area contributed by atoms with E-state index in [0.717, 1.165) is 42.6 Å². The number of nitrogens with zero attached hydrogens (tertiary/aromatic N) is 4. The van der Waals surface area contributed by atoms with Gasteiger partial charge in [-0.2, -0.15) is 0 Å². The van der Waals surface area contributed by atoms with Gasteiger partial charge < -0.3 is 10.2 Å². The minimum atomic E-state index is -0.249. The van der Waals surface area contributed by atoms with E-state index in [1.54, 1.807) is 12.1 Å². The molecule has 1 saturated heterocycles. The van der Waals surface area contributed by atoms with Crippen molar-refractivity contribution in [2.75, 3.05) is 24.5 Å². The van der Waals surface area contributed by atoms with Crippen LogP contribution in [0.5, 0.6) is 0 Å². The smallest absolute Gasteiger partial charge is 0.233 e. The third-order valence-electron chi connectivity index (χ3n) is 5.23. The van der Waals surface area contributed by atoms with E-state index in [1.165, 1.54) is 36.7 Å². The molecule has 4 rings (SSSR count). The molecule has 0 spiro atoms. The molecule has 0 unspecified atom stereocenters. The Morgan fingerprint density at radius 2 is 1.96 bits per heavy atom. The van der Waals surface area contributed by atoms with Gasteiger partial charge in [0, 0.05) is 25.7 Å². The van der Waals surface area contributed by atoms with E-state index in [0.29, 0.717) is 19.0 Å². The third-order valence-corrected chi connectivity index (χ3v) is 6.28. The predicted octanol–water partition coefficient (Wildman–Crippen LogP) is 3.19. The molecular weight excluding hydrogens is 377 g/mol. The van der Waals surface area contributed by atoms with Crippen LogP contribution in [0.25, 0.3) is 0 Å². The minimum absolute atomic E-state index is 0.0137. The van der Waals surface area contributed by atoms with Crippen LogP contribution < -0.4 is 10.2 Å². The van der Waals surface area contributed by atoms with Gasteiger partial charge in [0.1, 0.15) is 5.82 Å². The zero-order chi connectivity index (χ0) is 19.5. The predicted molar refractivity (Wildman–Crippen MR) is 108 cm³/mol. The number of thioether (sulfide) groups is 1. The summed E-state index contributed by atoms with van der Waals surface area (Å²) in [5.74, 6) is 0.706.